The van der Waals surface area contributed by atoms with Crippen molar-refractivity contribution in [1.29, 1.82) is 0 Å². The molecule has 0 bridgehead atoms. The third-order valence-electron chi connectivity index (χ3n) is 5.72. The number of benzene rings is 2. The number of esters is 1. The topological polar surface area (TPSA) is 114 Å². The van der Waals surface area contributed by atoms with E-state index in [0.29, 0.717) is 23.6 Å². The lowest BCUT2D eigenvalue weighted by Crippen LogP contribution is -2.43. The summed E-state index contributed by atoms with van der Waals surface area (Å²) in [6.07, 6.45) is 3.22. The number of nitrogens with one attached hydrogen (secondary N) is 3. The Morgan fingerprint density at radius 3 is 2.42 bits per heavy atom. The molecule has 0 aromatic heterocycles. The van der Waals surface area contributed by atoms with Crippen LogP contribution in [0.1, 0.15) is 43.4 Å². The van der Waals surface area contributed by atoms with Crippen LogP contribution in [0.3, 0.4) is 0 Å². The van der Waals surface area contributed by atoms with Gasteiger partial charge in [0.2, 0.25) is 17.7 Å². The van der Waals surface area contributed by atoms with Crippen LogP contribution in [0.5, 0.6) is 0 Å². The fraction of sp³-hybridized carbons (Fsp3) is 0.333. The van der Waals surface area contributed by atoms with E-state index in [4.69, 9.17) is 16.3 Å². The van der Waals surface area contributed by atoms with Crippen molar-refractivity contribution in [2.24, 2.45) is 5.92 Å². The summed E-state index contributed by atoms with van der Waals surface area (Å²) in [4.78, 5) is 50.1. The SMILES string of the molecule is CC(=O)N[C@H]1C/C=C\C[C@@H](CC(=O)NCc2ccc(Cl)cc2)C(=O)NC[C@@H](c2ccccc2)OC1=O. The molecule has 0 fully saturated rings. The predicted octanol–water partition coefficient (Wildman–Crippen LogP) is 3.22. The summed E-state index contributed by atoms with van der Waals surface area (Å²) < 4.78 is 5.69. The summed E-state index contributed by atoms with van der Waals surface area (Å²) in [5.41, 5.74) is 1.60. The first-order chi connectivity index (χ1) is 17.3. The van der Waals surface area contributed by atoms with E-state index in [9.17, 15) is 19.2 Å². The minimum Gasteiger partial charge on any atom is -0.454 e. The fourth-order valence-electron chi connectivity index (χ4n) is 3.79. The van der Waals surface area contributed by atoms with E-state index in [2.05, 4.69) is 16.0 Å². The quantitative estimate of drug-likeness (QED) is 0.407. The van der Waals surface area contributed by atoms with E-state index in [1.165, 1.54) is 6.92 Å². The first kappa shape index (κ1) is 26.9. The Morgan fingerprint density at radius 2 is 1.72 bits per heavy atom. The summed E-state index contributed by atoms with van der Waals surface area (Å²) in [5, 5.41) is 8.90. The van der Waals surface area contributed by atoms with Gasteiger partial charge in [0.1, 0.15) is 12.1 Å². The Kier molecular flexibility index (Phi) is 10.1. The van der Waals surface area contributed by atoms with Gasteiger partial charge < -0.3 is 20.7 Å². The smallest absolute Gasteiger partial charge is 0.329 e. The molecule has 9 heteroatoms. The van der Waals surface area contributed by atoms with Crippen molar-refractivity contribution in [2.75, 3.05) is 6.54 Å². The highest BCUT2D eigenvalue weighted by atomic mass is 35.5. The summed E-state index contributed by atoms with van der Waals surface area (Å²) in [6, 6.07) is 15.3. The van der Waals surface area contributed by atoms with Gasteiger partial charge in [-0.2, -0.15) is 0 Å². The van der Waals surface area contributed by atoms with Crippen molar-refractivity contribution < 1.29 is 23.9 Å². The highest BCUT2D eigenvalue weighted by Gasteiger charge is 2.27. The molecule has 1 aliphatic heterocycles. The average Bonchev–Trinajstić information content (AvgIpc) is 2.86. The number of amides is 3. The molecule has 1 aliphatic rings. The Hall–Kier alpha value is -3.65. The van der Waals surface area contributed by atoms with E-state index in [1.54, 1.807) is 36.4 Å². The molecule has 0 saturated heterocycles. The molecule has 1 heterocycles. The van der Waals surface area contributed by atoms with Crippen molar-refractivity contribution in [3.05, 3.63) is 82.9 Å². The van der Waals surface area contributed by atoms with Crippen LogP contribution in [-0.4, -0.2) is 36.3 Å². The Morgan fingerprint density at radius 1 is 1.03 bits per heavy atom. The molecule has 3 rings (SSSR count). The van der Waals surface area contributed by atoms with Gasteiger partial charge >= 0.3 is 5.97 Å². The van der Waals surface area contributed by atoms with Gasteiger partial charge in [-0.1, -0.05) is 66.2 Å². The van der Waals surface area contributed by atoms with Crippen molar-refractivity contribution in [3.63, 3.8) is 0 Å². The zero-order valence-electron chi connectivity index (χ0n) is 20.0. The maximum atomic E-state index is 13.0. The van der Waals surface area contributed by atoms with Crippen LogP contribution in [0, 0.1) is 5.92 Å². The highest BCUT2D eigenvalue weighted by molar-refractivity contribution is 6.30. The molecule has 8 nitrogen and oxygen atoms in total. The molecule has 2 aromatic rings. The first-order valence-electron chi connectivity index (χ1n) is 11.8. The molecule has 3 amide bonds. The number of hydrogen-bond acceptors (Lipinski definition) is 5. The third-order valence-corrected chi connectivity index (χ3v) is 5.97. The van der Waals surface area contributed by atoms with Gasteiger partial charge in [0.25, 0.3) is 0 Å². The Labute approximate surface area is 215 Å². The lowest BCUT2D eigenvalue weighted by atomic mass is 9.98. The molecule has 0 saturated carbocycles. The van der Waals surface area contributed by atoms with Crippen molar-refractivity contribution in [1.82, 2.24) is 16.0 Å². The highest BCUT2D eigenvalue weighted by Crippen LogP contribution is 2.20. The summed E-state index contributed by atoms with van der Waals surface area (Å²) in [6.45, 7) is 1.69. The van der Waals surface area contributed by atoms with Crippen molar-refractivity contribution in [3.8, 4) is 0 Å². The first-order valence-corrected chi connectivity index (χ1v) is 12.2. The van der Waals surface area contributed by atoms with Crippen molar-refractivity contribution >= 4 is 35.3 Å². The van der Waals surface area contributed by atoms with Gasteiger partial charge in [-0.3, -0.25) is 14.4 Å². The van der Waals surface area contributed by atoms with Crippen LogP contribution < -0.4 is 16.0 Å². The number of cyclic esters (lactones) is 1. The Balaban J connectivity index is 1.72. The third kappa shape index (κ3) is 8.53. The monoisotopic (exact) mass is 511 g/mol. The standard InChI is InChI=1S/C27H30ClN3O5/c1-18(32)31-23-10-6-5-9-21(15-25(33)29-16-19-11-13-22(28)14-12-19)26(34)30-17-24(36-27(23)35)20-7-3-2-4-8-20/h2-8,11-14,21,23-24H,9-10,15-17H2,1H3,(H,29,33)(H,30,34)(H,31,32)/b6-5-/t21-,23-,24-/m0/s1. The number of hydrogen-bond donors (Lipinski definition) is 3. The lowest BCUT2D eigenvalue weighted by molar-refractivity contribution is -0.153. The number of rotatable bonds is 6. The zero-order chi connectivity index (χ0) is 25.9. The van der Waals surface area contributed by atoms with Crippen LogP contribution in [0.15, 0.2) is 66.7 Å². The lowest BCUT2D eigenvalue weighted by Gasteiger charge is -2.24. The largest absolute Gasteiger partial charge is 0.454 e. The number of carbonyl (C=O) groups excluding carboxylic acids is 4. The summed E-state index contributed by atoms with van der Waals surface area (Å²) in [7, 11) is 0. The minimum atomic E-state index is -0.860. The van der Waals surface area contributed by atoms with Crippen LogP contribution in [-0.2, 0) is 30.5 Å². The molecule has 3 N–H and O–H groups in total. The predicted molar refractivity (Wildman–Crippen MR) is 136 cm³/mol. The maximum absolute atomic E-state index is 13.0. The Bertz CT molecular complexity index is 1090. The second kappa shape index (κ2) is 13.4. The molecular formula is C27H30ClN3O5. The molecular weight excluding hydrogens is 482 g/mol. The van der Waals surface area contributed by atoms with E-state index in [1.807, 2.05) is 30.3 Å². The molecule has 0 unspecified atom stereocenters. The number of ether oxygens (including phenoxy) is 1. The average molecular weight is 512 g/mol. The summed E-state index contributed by atoms with van der Waals surface area (Å²) in [5.74, 6) is -2.11. The van der Waals surface area contributed by atoms with Gasteiger partial charge in [-0.15, -0.1) is 0 Å². The van der Waals surface area contributed by atoms with Gasteiger partial charge in [-0.05, 0) is 36.1 Å². The molecule has 3 atom stereocenters. The van der Waals surface area contributed by atoms with Gasteiger partial charge in [0.15, 0.2) is 0 Å². The molecule has 36 heavy (non-hydrogen) atoms. The van der Waals surface area contributed by atoms with E-state index < -0.39 is 24.0 Å². The van der Waals surface area contributed by atoms with Gasteiger partial charge in [0.05, 0.1) is 12.5 Å². The zero-order valence-corrected chi connectivity index (χ0v) is 20.8. The maximum Gasteiger partial charge on any atom is 0.329 e. The van der Waals surface area contributed by atoms with Crippen LogP contribution in [0.4, 0.5) is 0 Å². The van der Waals surface area contributed by atoms with Gasteiger partial charge in [0, 0.05) is 24.9 Å². The van der Waals surface area contributed by atoms with Crippen LogP contribution >= 0.6 is 11.6 Å². The number of carbonyl (C=O) groups is 4. The normalized spacial score (nSPS) is 21.7. The van der Waals surface area contributed by atoms with Crippen LogP contribution in [0.2, 0.25) is 5.02 Å². The molecule has 190 valence electrons. The number of allylic oxidation sites excluding steroid dienone is 1. The number of halogens is 1. The van der Waals surface area contributed by atoms with E-state index >= 15 is 0 Å². The van der Waals surface area contributed by atoms with Crippen molar-refractivity contribution in [2.45, 2.75) is 44.9 Å². The second-order valence-electron chi connectivity index (χ2n) is 8.58. The van der Waals surface area contributed by atoms with E-state index in [-0.39, 0.29) is 37.1 Å². The molecule has 2 aromatic carbocycles. The van der Waals surface area contributed by atoms with Gasteiger partial charge in [-0.25, -0.2) is 4.79 Å². The molecule has 0 spiro atoms. The molecule has 0 radical (unpaired) electrons. The molecule has 0 aliphatic carbocycles. The fourth-order valence-corrected chi connectivity index (χ4v) is 3.92. The summed E-state index contributed by atoms with van der Waals surface area (Å²) >= 11 is 5.90. The van der Waals surface area contributed by atoms with E-state index in [0.717, 1.165) is 5.56 Å². The minimum absolute atomic E-state index is 0.00528. The second-order valence-corrected chi connectivity index (χ2v) is 9.02. The van der Waals surface area contributed by atoms with Crippen LogP contribution in [0.25, 0.3) is 0 Å².